The fraction of sp³-hybridized carbons (Fsp3) is 0.294. The second kappa shape index (κ2) is 7.11. The van der Waals surface area contributed by atoms with E-state index in [1.807, 2.05) is 5.38 Å². The van der Waals surface area contributed by atoms with Crippen molar-refractivity contribution in [1.82, 2.24) is 5.32 Å². The molecule has 1 aliphatic rings. The van der Waals surface area contributed by atoms with Gasteiger partial charge in [0.25, 0.3) is 5.91 Å². The van der Waals surface area contributed by atoms with E-state index < -0.39 is 17.8 Å². The summed E-state index contributed by atoms with van der Waals surface area (Å²) in [6.07, 6.45) is 0.386. The zero-order valence-electron chi connectivity index (χ0n) is 12.9. The first-order chi connectivity index (χ1) is 11.6. The molecule has 0 saturated carbocycles. The predicted molar refractivity (Wildman–Crippen MR) is 89.6 cm³/mol. The molecule has 2 aromatic rings. The first kappa shape index (κ1) is 16.6. The minimum Gasteiger partial charge on any atom is -0.386 e. The highest BCUT2D eigenvalue weighted by Gasteiger charge is 2.23. The third-order valence-corrected chi connectivity index (χ3v) is 4.88. The number of anilines is 1. The number of hydrogen-bond acceptors (Lipinski definition) is 4. The van der Waals surface area contributed by atoms with Crippen LogP contribution in [0.1, 0.15) is 34.2 Å². The lowest BCUT2D eigenvalue weighted by atomic mass is 10.1. The Morgan fingerprint density at radius 3 is 2.92 bits per heavy atom. The molecule has 2 amide bonds. The number of rotatable bonds is 5. The normalized spacial score (nSPS) is 15.6. The van der Waals surface area contributed by atoms with E-state index in [0.717, 1.165) is 11.3 Å². The SMILES string of the molecule is O=C(NCC(O)c1cccs1)c1cc(N2CCCC2=O)ccc1F. The molecule has 1 aromatic heterocycles. The van der Waals surface area contributed by atoms with Crippen molar-refractivity contribution in [3.63, 3.8) is 0 Å². The molecule has 1 unspecified atom stereocenters. The van der Waals surface area contributed by atoms with Crippen LogP contribution >= 0.6 is 11.3 Å². The first-order valence-corrected chi connectivity index (χ1v) is 8.54. The Kier molecular flexibility index (Phi) is 4.92. The van der Waals surface area contributed by atoms with Gasteiger partial charge in [0.05, 0.1) is 5.56 Å². The van der Waals surface area contributed by atoms with Gasteiger partial charge in [-0.2, -0.15) is 0 Å². The number of carbonyl (C=O) groups excluding carboxylic acids is 2. The molecule has 0 bridgehead atoms. The molecule has 0 spiro atoms. The van der Waals surface area contributed by atoms with E-state index in [-0.39, 0.29) is 18.0 Å². The molecule has 3 rings (SSSR count). The molecule has 0 radical (unpaired) electrons. The van der Waals surface area contributed by atoms with E-state index in [2.05, 4.69) is 5.32 Å². The molecule has 1 atom stereocenters. The van der Waals surface area contributed by atoms with Crippen LogP contribution in [0.15, 0.2) is 35.7 Å². The number of hydrogen-bond donors (Lipinski definition) is 2. The van der Waals surface area contributed by atoms with Crippen molar-refractivity contribution in [3.05, 3.63) is 52.0 Å². The average Bonchev–Trinajstić information content (AvgIpc) is 3.24. The second-order valence-electron chi connectivity index (χ2n) is 5.55. The zero-order valence-corrected chi connectivity index (χ0v) is 13.7. The van der Waals surface area contributed by atoms with Gasteiger partial charge in [0.1, 0.15) is 11.9 Å². The summed E-state index contributed by atoms with van der Waals surface area (Å²) in [4.78, 5) is 26.3. The van der Waals surface area contributed by atoms with Crippen molar-refractivity contribution in [2.45, 2.75) is 18.9 Å². The maximum atomic E-state index is 14.0. The van der Waals surface area contributed by atoms with E-state index in [4.69, 9.17) is 0 Å². The van der Waals surface area contributed by atoms with Gasteiger partial charge in [0.2, 0.25) is 5.91 Å². The Morgan fingerprint density at radius 1 is 1.42 bits per heavy atom. The highest BCUT2D eigenvalue weighted by atomic mass is 32.1. The number of nitrogens with one attached hydrogen (secondary N) is 1. The van der Waals surface area contributed by atoms with Crippen molar-refractivity contribution >= 4 is 28.8 Å². The van der Waals surface area contributed by atoms with E-state index in [1.165, 1.54) is 29.5 Å². The quantitative estimate of drug-likeness (QED) is 0.872. The highest BCUT2D eigenvalue weighted by molar-refractivity contribution is 7.10. The minimum absolute atomic E-state index is 0.00827. The standard InChI is InChI=1S/C17H17FN2O3S/c18-13-6-5-11(20-7-1-4-16(20)22)9-12(13)17(23)19-10-14(21)15-3-2-8-24-15/h2-3,5-6,8-9,14,21H,1,4,7,10H2,(H,19,23). The summed E-state index contributed by atoms with van der Waals surface area (Å²) in [6, 6.07) is 7.63. The molecule has 2 N–H and O–H groups in total. The van der Waals surface area contributed by atoms with Crippen LogP contribution in [-0.4, -0.2) is 30.0 Å². The molecular formula is C17H17FN2O3S. The largest absolute Gasteiger partial charge is 0.386 e. The van der Waals surface area contributed by atoms with Crippen LogP contribution in [-0.2, 0) is 4.79 Å². The van der Waals surface area contributed by atoms with Gasteiger partial charge in [-0.25, -0.2) is 4.39 Å². The van der Waals surface area contributed by atoms with E-state index >= 15 is 0 Å². The molecule has 1 aliphatic heterocycles. The van der Waals surface area contributed by atoms with Crippen molar-refractivity contribution in [1.29, 1.82) is 0 Å². The third kappa shape index (κ3) is 3.47. The summed E-state index contributed by atoms with van der Waals surface area (Å²) in [5.74, 6) is -1.30. The Morgan fingerprint density at radius 2 is 2.25 bits per heavy atom. The van der Waals surface area contributed by atoms with Gasteiger partial charge < -0.3 is 15.3 Å². The maximum Gasteiger partial charge on any atom is 0.254 e. The molecule has 1 saturated heterocycles. The Bertz CT molecular complexity index is 748. The number of halogens is 1. The number of carbonyl (C=O) groups is 2. The molecule has 5 nitrogen and oxygen atoms in total. The number of aliphatic hydroxyl groups is 1. The number of aliphatic hydroxyl groups excluding tert-OH is 1. The van der Waals surface area contributed by atoms with Gasteiger partial charge in [-0.15, -0.1) is 11.3 Å². The van der Waals surface area contributed by atoms with Crippen LogP contribution in [0.3, 0.4) is 0 Å². The van der Waals surface area contributed by atoms with Crippen molar-refractivity contribution in [2.24, 2.45) is 0 Å². The van der Waals surface area contributed by atoms with Crippen molar-refractivity contribution in [2.75, 3.05) is 18.0 Å². The van der Waals surface area contributed by atoms with Gasteiger partial charge >= 0.3 is 0 Å². The van der Waals surface area contributed by atoms with Gasteiger partial charge in [-0.05, 0) is 36.1 Å². The van der Waals surface area contributed by atoms with Crippen LogP contribution in [0.5, 0.6) is 0 Å². The highest BCUT2D eigenvalue weighted by Crippen LogP contribution is 2.24. The Balaban J connectivity index is 1.71. The lowest BCUT2D eigenvalue weighted by Gasteiger charge is -2.17. The number of nitrogens with zero attached hydrogens (tertiary/aromatic N) is 1. The minimum atomic E-state index is -0.833. The number of benzene rings is 1. The lowest BCUT2D eigenvalue weighted by Crippen LogP contribution is -2.29. The van der Waals surface area contributed by atoms with Crippen molar-refractivity contribution < 1.29 is 19.1 Å². The summed E-state index contributed by atoms with van der Waals surface area (Å²) in [7, 11) is 0. The molecule has 2 heterocycles. The summed E-state index contributed by atoms with van der Waals surface area (Å²) >= 11 is 1.38. The smallest absolute Gasteiger partial charge is 0.254 e. The van der Waals surface area contributed by atoms with E-state index in [1.54, 1.807) is 17.0 Å². The van der Waals surface area contributed by atoms with Crippen LogP contribution in [0, 0.1) is 5.82 Å². The molecule has 126 valence electrons. The molecule has 0 aliphatic carbocycles. The topological polar surface area (TPSA) is 69.6 Å². The second-order valence-corrected chi connectivity index (χ2v) is 6.53. The van der Waals surface area contributed by atoms with E-state index in [0.29, 0.717) is 18.7 Å². The lowest BCUT2D eigenvalue weighted by molar-refractivity contribution is -0.117. The first-order valence-electron chi connectivity index (χ1n) is 7.66. The fourth-order valence-corrected chi connectivity index (χ4v) is 3.35. The Labute approximate surface area is 142 Å². The van der Waals surface area contributed by atoms with Crippen LogP contribution in [0.25, 0.3) is 0 Å². The molecule has 1 aromatic carbocycles. The van der Waals surface area contributed by atoms with Gasteiger partial charge in [0.15, 0.2) is 0 Å². The molecule has 1 fully saturated rings. The summed E-state index contributed by atoms with van der Waals surface area (Å²) in [5.41, 5.74) is 0.383. The summed E-state index contributed by atoms with van der Waals surface area (Å²) in [6.45, 7) is 0.564. The monoisotopic (exact) mass is 348 g/mol. The van der Waals surface area contributed by atoms with E-state index in [9.17, 15) is 19.1 Å². The maximum absolute atomic E-state index is 14.0. The zero-order chi connectivity index (χ0) is 17.1. The Hall–Kier alpha value is -2.25. The van der Waals surface area contributed by atoms with Crippen LogP contribution in [0.2, 0.25) is 0 Å². The summed E-state index contributed by atoms with van der Waals surface area (Å²) < 4.78 is 14.0. The van der Waals surface area contributed by atoms with Gasteiger partial charge in [-0.1, -0.05) is 6.07 Å². The molecule has 7 heteroatoms. The van der Waals surface area contributed by atoms with Crippen LogP contribution in [0.4, 0.5) is 10.1 Å². The fourth-order valence-electron chi connectivity index (χ4n) is 2.64. The average molecular weight is 348 g/mol. The van der Waals surface area contributed by atoms with Crippen LogP contribution < -0.4 is 10.2 Å². The number of amides is 2. The van der Waals surface area contributed by atoms with Gasteiger partial charge in [0, 0.05) is 30.1 Å². The van der Waals surface area contributed by atoms with Crippen molar-refractivity contribution in [3.8, 4) is 0 Å². The predicted octanol–water partition coefficient (Wildman–Crippen LogP) is 2.48. The molecule has 24 heavy (non-hydrogen) atoms. The molecular weight excluding hydrogens is 331 g/mol. The number of thiophene rings is 1. The third-order valence-electron chi connectivity index (χ3n) is 3.91. The van der Waals surface area contributed by atoms with Gasteiger partial charge in [-0.3, -0.25) is 9.59 Å². The summed E-state index contributed by atoms with van der Waals surface area (Å²) in [5, 5.41) is 14.3.